The van der Waals surface area contributed by atoms with Crippen LogP contribution in [0.15, 0.2) is 23.6 Å². The Morgan fingerprint density at radius 2 is 2.15 bits per heavy atom. The van der Waals surface area contributed by atoms with Crippen LogP contribution in [0.4, 0.5) is 10.8 Å². The number of nitrogen functional groups attached to an aromatic ring is 1. The summed E-state index contributed by atoms with van der Waals surface area (Å²) in [6, 6.07) is 5.75. The van der Waals surface area contributed by atoms with Crippen LogP contribution in [0.2, 0.25) is 0 Å². The number of rotatable bonds is 3. The second-order valence-electron chi connectivity index (χ2n) is 4.57. The van der Waals surface area contributed by atoms with Crippen LogP contribution in [0.3, 0.4) is 0 Å². The van der Waals surface area contributed by atoms with Gasteiger partial charge in [-0.1, -0.05) is 0 Å². The second-order valence-corrected chi connectivity index (χ2v) is 5.41. The molecule has 1 aliphatic heterocycles. The van der Waals surface area contributed by atoms with Crippen molar-refractivity contribution in [3.8, 4) is 17.0 Å². The van der Waals surface area contributed by atoms with Gasteiger partial charge in [0.2, 0.25) is 0 Å². The molecule has 1 aromatic carbocycles. The van der Waals surface area contributed by atoms with Crippen molar-refractivity contribution in [2.24, 2.45) is 0 Å². The molecule has 1 aliphatic rings. The van der Waals surface area contributed by atoms with Crippen molar-refractivity contribution < 1.29 is 9.47 Å². The largest absolute Gasteiger partial charge is 0.495 e. The number of hydrogen-bond acceptors (Lipinski definition) is 6. The fourth-order valence-electron chi connectivity index (χ4n) is 2.19. The van der Waals surface area contributed by atoms with E-state index in [1.165, 1.54) is 0 Å². The molecule has 1 fully saturated rings. The third-order valence-electron chi connectivity index (χ3n) is 3.30. The Morgan fingerprint density at radius 3 is 2.85 bits per heavy atom. The third kappa shape index (κ3) is 2.57. The highest BCUT2D eigenvalue weighted by Crippen LogP contribution is 2.31. The lowest BCUT2D eigenvalue weighted by molar-refractivity contribution is 0.122. The maximum atomic E-state index is 5.94. The van der Waals surface area contributed by atoms with E-state index in [-0.39, 0.29) is 0 Å². The minimum absolute atomic E-state index is 0.630. The summed E-state index contributed by atoms with van der Waals surface area (Å²) in [5, 5.41) is 3.10. The fraction of sp³-hybridized carbons (Fsp3) is 0.357. The molecule has 1 aromatic heterocycles. The molecule has 0 saturated carbocycles. The average molecular weight is 291 g/mol. The van der Waals surface area contributed by atoms with E-state index >= 15 is 0 Å². The standard InChI is InChI=1S/C14H17N3O2S/c1-18-13-3-2-10(8-11(13)15)12-9-20-14(16-12)17-4-6-19-7-5-17/h2-3,8-9H,4-7,15H2,1H3. The molecule has 6 heteroatoms. The predicted octanol–water partition coefficient (Wildman–Crippen LogP) is 2.24. The highest BCUT2D eigenvalue weighted by Gasteiger charge is 2.15. The van der Waals surface area contributed by atoms with E-state index in [1.807, 2.05) is 18.2 Å². The number of hydrogen-bond donors (Lipinski definition) is 1. The number of morpholine rings is 1. The Morgan fingerprint density at radius 1 is 1.35 bits per heavy atom. The average Bonchev–Trinajstić information content (AvgIpc) is 2.98. The summed E-state index contributed by atoms with van der Waals surface area (Å²) in [4.78, 5) is 6.95. The molecule has 0 bridgehead atoms. The molecule has 2 aromatic rings. The molecule has 20 heavy (non-hydrogen) atoms. The lowest BCUT2D eigenvalue weighted by Crippen LogP contribution is -2.36. The predicted molar refractivity (Wildman–Crippen MR) is 81.5 cm³/mol. The van der Waals surface area contributed by atoms with Crippen molar-refractivity contribution in [2.75, 3.05) is 44.0 Å². The van der Waals surface area contributed by atoms with Crippen LogP contribution in [0.1, 0.15) is 0 Å². The summed E-state index contributed by atoms with van der Waals surface area (Å²) in [7, 11) is 1.62. The number of methoxy groups -OCH3 is 1. The minimum atomic E-state index is 0.630. The van der Waals surface area contributed by atoms with Crippen LogP contribution in [0.5, 0.6) is 5.75 Å². The molecule has 1 saturated heterocycles. The van der Waals surface area contributed by atoms with Crippen molar-refractivity contribution in [3.63, 3.8) is 0 Å². The van der Waals surface area contributed by atoms with E-state index in [9.17, 15) is 0 Å². The Bertz CT molecular complexity index is 594. The van der Waals surface area contributed by atoms with Gasteiger partial charge in [0, 0.05) is 24.0 Å². The number of aromatic nitrogens is 1. The SMILES string of the molecule is COc1ccc(-c2csc(N3CCOCC3)n2)cc1N. The van der Waals surface area contributed by atoms with E-state index < -0.39 is 0 Å². The van der Waals surface area contributed by atoms with Gasteiger partial charge in [0.05, 0.1) is 31.7 Å². The Hall–Kier alpha value is -1.79. The molecule has 5 nitrogen and oxygen atoms in total. The first-order chi connectivity index (χ1) is 9.78. The van der Waals surface area contributed by atoms with E-state index in [2.05, 4.69) is 10.3 Å². The van der Waals surface area contributed by atoms with Crippen molar-refractivity contribution >= 4 is 22.2 Å². The first-order valence-electron chi connectivity index (χ1n) is 6.50. The zero-order valence-corrected chi connectivity index (χ0v) is 12.2. The van der Waals surface area contributed by atoms with Gasteiger partial charge in [-0.05, 0) is 18.2 Å². The fourth-order valence-corrected chi connectivity index (χ4v) is 3.08. The quantitative estimate of drug-likeness (QED) is 0.879. The molecule has 2 heterocycles. The lowest BCUT2D eigenvalue weighted by atomic mass is 10.1. The summed E-state index contributed by atoms with van der Waals surface area (Å²) in [6.07, 6.45) is 0. The van der Waals surface area contributed by atoms with Crippen molar-refractivity contribution in [1.82, 2.24) is 4.98 Å². The first kappa shape index (κ1) is 13.2. The number of nitrogens with zero attached hydrogens (tertiary/aromatic N) is 2. The Kier molecular flexibility index (Phi) is 3.75. The number of nitrogens with two attached hydrogens (primary N) is 1. The maximum absolute atomic E-state index is 5.94. The maximum Gasteiger partial charge on any atom is 0.186 e. The van der Waals surface area contributed by atoms with Gasteiger partial charge in [0.1, 0.15) is 5.75 Å². The van der Waals surface area contributed by atoms with E-state index in [0.29, 0.717) is 11.4 Å². The molecule has 2 N–H and O–H groups in total. The summed E-state index contributed by atoms with van der Waals surface area (Å²) in [5.41, 5.74) is 8.54. The van der Waals surface area contributed by atoms with Gasteiger partial charge >= 0.3 is 0 Å². The van der Waals surface area contributed by atoms with Crippen molar-refractivity contribution in [2.45, 2.75) is 0 Å². The second kappa shape index (κ2) is 5.68. The van der Waals surface area contributed by atoms with Gasteiger partial charge in [0.25, 0.3) is 0 Å². The molecule has 0 atom stereocenters. The molecular formula is C14H17N3O2S. The van der Waals surface area contributed by atoms with Gasteiger partial charge < -0.3 is 20.1 Å². The number of ether oxygens (including phenoxy) is 2. The van der Waals surface area contributed by atoms with E-state index in [0.717, 1.165) is 42.7 Å². The van der Waals surface area contributed by atoms with Gasteiger partial charge in [0.15, 0.2) is 5.13 Å². The van der Waals surface area contributed by atoms with Crippen LogP contribution in [0, 0.1) is 0 Å². The Balaban J connectivity index is 1.84. The van der Waals surface area contributed by atoms with Gasteiger partial charge in [-0.25, -0.2) is 4.98 Å². The van der Waals surface area contributed by atoms with Crippen LogP contribution in [0.25, 0.3) is 11.3 Å². The normalized spacial score (nSPS) is 15.3. The van der Waals surface area contributed by atoms with Crippen molar-refractivity contribution in [3.05, 3.63) is 23.6 Å². The molecule has 0 amide bonds. The molecular weight excluding hydrogens is 274 g/mol. The first-order valence-corrected chi connectivity index (χ1v) is 7.38. The summed E-state index contributed by atoms with van der Waals surface area (Å²) in [6.45, 7) is 3.34. The summed E-state index contributed by atoms with van der Waals surface area (Å²) in [5.74, 6) is 0.692. The molecule has 0 aliphatic carbocycles. The molecule has 106 valence electrons. The molecule has 0 radical (unpaired) electrons. The molecule has 0 spiro atoms. The smallest absolute Gasteiger partial charge is 0.186 e. The van der Waals surface area contributed by atoms with Gasteiger partial charge in [-0.15, -0.1) is 11.3 Å². The highest BCUT2D eigenvalue weighted by molar-refractivity contribution is 7.14. The number of benzene rings is 1. The highest BCUT2D eigenvalue weighted by atomic mass is 32.1. The monoisotopic (exact) mass is 291 g/mol. The van der Waals surface area contributed by atoms with Crippen LogP contribution in [-0.2, 0) is 4.74 Å². The topological polar surface area (TPSA) is 60.6 Å². The van der Waals surface area contributed by atoms with Crippen LogP contribution in [-0.4, -0.2) is 38.4 Å². The van der Waals surface area contributed by atoms with Crippen LogP contribution >= 0.6 is 11.3 Å². The minimum Gasteiger partial charge on any atom is -0.495 e. The number of anilines is 2. The van der Waals surface area contributed by atoms with E-state index in [4.69, 9.17) is 20.2 Å². The summed E-state index contributed by atoms with van der Waals surface area (Å²) < 4.78 is 10.5. The number of thiazole rings is 1. The van der Waals surface area contributed by atoms with Crippen molar-refractivity contribution in [1.29, 1.82) is 0 Å². The zero-order chi connectivity index (χ0) is 13.9. The molecule has 0 unspecified atom stereocenters. The van der Waals surface area contributed by atoms with E-state index in [1.54, 1.807) is 18.4 Å². The summed E-state index contributed by atoms with van der Waals surface area (Å²) >= 11 is 1.65. The third-order valence-corrected chi connectivity index (χ3v) is 4.20. The Labute approximate surface area is 121 Å². The lowest BCUT2D eigenvalue weighted by Gasteiger charge is -2.26. The zero-order valence-electron chi connectivity index (χ0n) is 11.3. The van der Waals surface area contributed by atoms with Crippen LogP contribution < -0.4 is 15.4 Å². The molecule has 3 rings (SSSR count). The van der Waals surface area contributed by atoms with Gasteiger partial charge in [-0.2, -0.15) is 0 Å². The van der Waals surface area contributed by atoms with Gasteiger partial charge in [-0.3, -0.25) is 0 Å².